The third-order valence-corrected chi connectivity index (χ3v) is 8.60. The molecule has 3 aliphatic rings. The summed E-state index contributed by atoms with van der Waals surface area (Å²) >= 11 is 5.93. The maximum absolute atomic E-state index is 13.3. The zero-order valence-corrected chi connectivity index (χ0v) is 19.0. The molecule has 0 spiro atoms. The Hall–Kier alpha value is -1.38. The molecule has 0 aromatic carbocycles. The molecule has 0 bridgehead atoms. The van der Waals surface area contributed by atoms with Crippen molar-refractivity contribution in [1.29, 1.82) is 0 Å². The summed E-state index contributed by atoms with van der Waals surface area (Å²) in [6, 6.07) is 3.82. The second-order valence-electron chi connectivity index (χ2n) is 8.75. The average Bonchev–Trinajstić information content (AvgIpc) is 3.09. The highest BCUT2D eigenvalue weighted by Crippen LogP contribution is 2.28. The SMILES string of the molecule is O=C(CN1CCN(c2ccc(Cl)cn2)CC1)N(C1CCCCC1)C1CCS(=O)(=O)C1. The Morgan fingerprint density at radius 1 is 1.07 bits per heavy atom. The lowest BCUT2D eigenvalue weighted by Gasteiger charge is -2.41. The first-order valence-corrected chi connectivity index (χ1v) is 13.2. The van der Waals surface area contributed by atoms with E-state index in [2.05, 4.69) is 14.8 Å². The molecule has 1 aliphatic carbocycles. The van der Waals surface area contributed by atoms with Gasteiger partial charge in [0, 0.05) is 44.5 Å². The van der Waals surface area contributed by atoms with Crippen molar-refractivity contribution in [1.82, 2.24) is 14.8 Å². The van der Waals surface area contributed by atoms with Crippen molar-refractivity contribution >= 4 is 33.2 Å². The molecule has 1 unspecified atom stereocenters. The molecule has 1 aromatic rings. The molecular weight excluding hydrogens is 424 g/mol. The van der Waals surface area contributed by atoms with Crippen molar-refractivity contribution in [2.45, 2.75) is 50.6 Å². The van der Waals surface area contributed by atoms with Gasteiger partial charge in [0.2, 0.25) is 5.91 Å². The summed E-state index contributed by atoms with van der Waals surface area (Å²) in [6.07, 6.45) is 7.70. The van der Waals surface area contributed by atoms with Crippen molar-refractivity contribution in [2.75, 3.05) is 49.1 Å². The number of carbonyl (C=O) groups excluding carboxylic acids is 1. The summed E-state index contributed by atoms with van der Waals surface area (Å²) in [5.41, 5.74) is 0. The van der Waals surface area contributed by atoms with Crippen LogP contribution in [0.1, 0.15) is 38.5 Å². The van der Waals surface area contributed by atoms with Crippen LogP contribution in [0.2, 0.25) is 5.02 Å². The fourth-order valence-corrected chi connectivity index (χ4v) is 6.85. The number of carbonyl (C=O) groups is 1. The Morgan fingerprint density at radius 3 is 2.40 bits per heavy atom. The number of halogens is 1. The van der Waals surface area contributed by atoms with Crippen LogP contribution in [-0.4, -0.2) is 85.4 Å². The number of aromatic nitrogens is 1. The van der Waals surface area contributed by atoms with Crippen LogP contribution >= 0.6 is 11.6 Å². The molecular formula is C21H31ClN4O3S. The molecule has 1 saturated carbocycles. The molecule has 3 fully saturated rings. The lowest BCUT2D eigenvalue weighted by molar-refractivity contribution is -0.137. The van der Waals surface area contributed by atoms with Gasteiger partial charge in [-0.2, -0.15) is 0 Å². The van der Waals surface area contributed by atoms with E-state index < -0.39 is 9.84 Å². The number of amides is 1. The van der Waals surface area contributed by atoms with E-state index in [4.69, 9.17) is 11.6 Å². The first-order chi connectivity index (χ1) is 14.4. The van der Waals surface area contributed by atoms with Crippen LogP contribution < -0.4 is 4.90 Å². The molecule has 3 heterocycles. The van der Waals surface area contributed by atoms with E-state index in [0.29, 0.717) is 18.0 Å². The number of rotatable bonds is 5. The zero-order valence-electron chi connectivity index (χ0n) is 17.4. The van der Waals surface area contributed by atoms with Crippen molar-refractivity contribution in [3.8, 4) is 0 Å². The fraction of sp³-hybridized carbons (Fsp3) is 0.714. The summed E-state index contributed by atoms with van der Waals surface area (Å²) in [5.74, 6) is 1.35. The van der Waals surface area contributed by atoms with Gasteiger partial charge in [-0.05, 0) is 31.4 Å². The average molecular weight is 455 g/mol. The minimum absolute atomic E-state index is 0.0991. The molecule has 2 saturated heterocycles. The van der Waals surface area contributed by atoms with Crippen LogP contribution in [0.4, 0.5) is 5.82 Å². The lowest BCUT2D eigenvalue weighted by atomic mass is 9.92. The monoisotopic (exact) mass is 454 g/mol. The summed E-state index contributed by atoms with van der Waals surface area (Å²) in [4.78, 5) is 24.1. The van der Waals surface area contributed by atoms with E-state index >= 15 is 0 Å². The molecule has 0 radical (unpaired) electrons. The lowest BCUT2D eigenvalue weighted by Crippen LogP contribution is -2.54. The molecule has 0 N–H and O–H groups in total. The molecule has 1 amide bonds. The molecule has 1 atom stereocenters. The third kappa shape index (κ3) is 5.26. The topological polar surface area (TPSA) is 73.8 Å². The van der Waals surface area contributed by atoms with Crippen LogP contribution in [0, 0.1) is 0 Å². The predicted octanol–water partition coefficient (Wildman–Crippen LogP) is 2.21. The quantitative estimate of drug-likeness (QED) is 0.679. The molecule has 30 heavy (non-hydrogen) atoms. The van der Waals surface area contributed by atoms with Crippen molar-refractivity contribution < 1.29 is 13.2 Å². The largest absolute Gasteiger partial charge is 0.354 e. The second-order valence-corrected chi connectivity index (χ2v) is 11.4. The Bertz CT molecular complexity index is 834. The van der Waals surface area contributed by atoms with E-state index in [1.54, 1.807) is 6.20 Å². The normalized spacial score (nSPS) is 25.4. The molecule has 7 nitrogen and oxygen atoms in total. The van der Waals surface area contributed by atoms with Crippen LogP contribution in [0.15, 0.2) is 18.3 Å². The van der Waals surface area contributed by atoms with E-state index in [9.17, 15) is 13.2 Å². The second kappa shape index (κ2) is 9.40. The van der Waals surface area contributed by atoms with E-state index in [-0.39, 0.29) is 29.5 Å². The van der Waals surface area contributed by atoms with Crippen LogP contribution in [-0.2, 0) is 14.6 Å². The van der Waals surface area contributed by atoms with Gasteiger partial charge in [0.05, 0.1) is 23.1 Å². The van der Waals surface area contributed by atoms with Gasteiger partial charge in [0.1, 0.15) is 5.82 Å². The Labute approximate surface area is 184 Å². The molecule has 4 rings (SSSR count). The minimum Gasteiger partial charge on any atom is -0.354 e. The third-order valence-electron chi connectivity index (χ3n) is 6.62. The number of sulfone groups is 1. The van der Waals surface area contributed by atoms with Gasteiger partial charge in [0.25, 0.3) is 0 Å². The zero-order chi connectivity index (χ0) is 21.1. The first-order valence-electron chi connectivity index (χ1n) is 11.0. The molecule has 166 valence electrons. The number of nitrogens with zero attached hydrogens (tertiary/aromatic N) is 4. The van der Waals surface area contributed by atoms with Gasteiger partial charge in [-0.15, -0.1) is 0 Å². The molecule has 9 heteroatoms. The number of anilines is 1. The standard InChI is InChI=1S/C21H31ClN4O3S/c22-17-6-7-20(23-14-17)25-11-9-24(10-12-25)15-21(27)26(18-4-2-1-3-5-18)19-8-13-30(28,29)16-19/h6-7,14,18-19H,1-5,8-13,15-16H2. The maximum Gasteiger partial charge on any atom is 0.237 e. The van der Waals surface area contributed by atoms with Gasteiger partial charge in [0.15, 0.2) is 9.84 Å². The smallest absolute Gasteiger partial charge is 0.237 e. The van der Waals surface area contributed by atoms with Crippen molar-refractivity contribution in [3.63, 3.8) is 0 Å². The van der Waals surface area contributed by atoms with Gasteiger partial charge < -0.3 is 9.80 Å². The van der Waals surface area contributed by atoms with Crippen LogP contribution in [0.5, 0.6) is 0 Å². The first kappa shape index (κ1) is 21.8. The van der Waals surface area contributed by atoms with Gasteiger partial charge >= 0.3 is 0 Å². The van der Waals surface area contributed by atoms with Crippen molar-refractivity contribution in [2.24, 2.45) is 0 Å². The summed E-state index contributed by atoms with van der Waals surface area (Å²) in [6.45, 7) is 3.57. The number of piperazine rings is 1. The molecule has 2 aliphatic heterocycles. The van der Waals surface area contributed by atoms with E-state index in [1.165, 1.54) is 6.42 Å². The minimum atomic E-state index is -3.02. The fourth-order valence-electron chi connectivity index (χ4n) is 5.02. The summed E-state index contributed by atoms with van der Waals surface area (Å²) in [7, 11) is -3.02. The van der Waals surface area contributed by atoms with E-state index in [1.807, 2.05) is 17.0 Å². The molecule has 1 aromatic heterocycles. The predicted molar refractivity (Wildman–Crippen MR) is 119 cm³/mol. The summed E-state index contributed by atoms with van der Waals surface area (Å²) < 4.78 is 24.1. The Balaban J connectivity index is 1.37. The Kier molecular flexibility index (Phi) is 6.85. The van der Waals surface area contributed by atoms with Crippen LogP contribution in [0.25, 0.3) is 0 Å². The Morgan fingerprint density at radius 2 is 1.80 bits per heavy atom. The highest BCUT2D eigenvalue weighted by molar-refractivity contribution is 7.91. The van der Waals surface area contributed by atoms with E-state index in [0.717, 1.165) is 57.7 Å². The number of hydrogen-bond donors (Lipinski definition) is 0. The van der Waals surface area contributed by atoms with Gasteiger partial charge in [-0.3, -0.25) is 9.69 Å². The van der Waals surface area contributed by atoms with Crippen molar-refractivity contribution in [3.05, 3.63) is 23.4 Å². The number of pyridine rings is 1. The van der Waals surface area contributed by atoms with Crippen LogP contribution in [0.3, 0.4) is 0 Å². The highest BCUT2D eigenvalue weighted by atomic mass is 35.5. The van der Waals surface area contributed by atoms with Gasteiger partial charge in [-0.1, -0.05) is 30.9 Å². The summed E-state index contributed by atoms with van der Waals surface area (Å²) in [5, 5.41) is 0.625. The maximum atomic E-state index is 13.3. The van der Waals surface area contributed by atoms with Gasteiger partial charge in [-0.25, -0.2) is 13.4 Å². The highest BCUT2D eigenvalue weighted by Gasteiger charge is 2.39. The number of hydrogen-bond acceptors (Lipinski definition) is 6.